The number of hydrogen-bond acceptors (Lipinski definition) is 3. The molecular formula is C26H24ClF3N2O2S. The van der Waals surface area contributed by atoms with Crippen LogP contribution in [0.15, 0.2) is 53.9 Å². The molecule has 1 N–H and O–H groups in total. The highest BCUT2D eigenvalue weighted by atomic mass is 35.5. The number of rotatable bonds is 7. The molecule has 1 aliphatic carbocycles. The largest absolute Gasteiger partial charge is 0.351 e. The molecule has 0 saturated heterocycles. The van der Waals surface area contributed by atoms with Gasteiger partial charge in [-0.3, -0.25) is 14.5 Å². The van der Waals surface area contributed by atoms with Crippen LogP contribution in [-0.4, -0.2) is 17.9 Å². The third-order valence-corrected chi connectivity index (χ3v) is 7.33. The molecular weight excluding hydrogens is 497 g/mol. The third-order valence-electron chi connectivity index (χ3n) is 6.07. The number of halogens is 4. The number of carbonyl (C=O) groups is 2. The van der Waals surface area contributed by atoms with Crippen molar-refractivity contribution in [1.29, 1.82) is 0 Å². The van der Waals surface area contributed by atoms with E-state index in [-0.39, 0.29) is 18.2 Å². The summed E-state index contributed by atoms with van der Waals surface area (Å²) in [4.78, 5) is 29.0. The molecule has 0 spiro atoms. The van der Waals surface area contributed by atoms with Crippen LogP contribution in [-0.2, 0) is 16.0 Å². The summed E-state index contributed by atoms with van der Waals surface area (Å²) >= 11 is 7.52. The first-order chi connectivity index (χ1) is 16.8. The molecule has 1 aliphatic rings. The monoisotopic (exact) mass is 520 g/mol. The molecule has 1 aromatic heterocycles. The van der Waals surface area contributed by atoms with Crippen molar-refractivity contribution in [3.63, 3.8) is 0 Å². The Morgan fingerprint density at radius 2 is 1.77 bits per heavy atom. The van der Waals surface area contributed by atoms with Crippen LogP contribution < -0.4 is 10.2 Å². The van der Waals surface area contributed by atoms with Gasteiger partial charge in [0.25, 0.3) is 0 Å². The lowest BCUT2D eigenvalue weighted by Crippen LogP contribution is -2.48. The summed E-state index contributed by atoms with van der Waals surface area (Å²) in [5.74, 6) is -3.80. The lowest BCUT2D eigenvalue weighted by Gasteiger charge is -2.34. The van der Waals surface area contributed by atoms with E-state index < -0.39 is 45.9 Å². The van der Waals surface area contributed by atoms with Gasteiger partial charge < -0.3 is 5.32 Å². The number of anilines is 1. The van der Waals surface area contributed by atoms with Gasteiger partial charge in [0.05, 0.1) is 11.4 Å². The van der Waals surface area contributed by atoms with Crippen LogP contribution in [0.2, 0.25) is 5.02 Å². The predicted molar refractivity (Wildman–Crippen MR) is 131 cm³/mol. The number of thiophene rings is 1. The van der Waals surface area contributed by atoms with Gasteiger partial charge in [0.1, 0.15) is 23.5 Å². The van der Waals surface area contributed by atoms with Crippen molar-refractivity contribution in [2.75, 3.05) is 4.90 Å². The maximum Gasteiger partial charge on any atom is 0.248 e. The van der Waals surface area contributed by atoms with Gasteiger partial charge in [-0.1, -0.05) is 43.0 Å². The maximum atomic E-state index is 15.2. The van der Waals surface area contributed by atoms with Crippen LogP contribution in [0.5, 0.6) is 0 Å². The molecule has 4 nitrogen and oxygen atoms in total. The Morgan fingerprint density at radius 1 is 1.03 bits per heavy atom. The first kappa shape index (κ1) is 25.3. The molecule has 1 saturated carbocycles. The lowest BCUT2D eigenvalue weighted by atomic mass is 9.94. The van der Waals surface area contributed by atoms with E-state index in [0.29, 0.717) is 4.88 Å². The van der Waals surface area contributed by atoms with E-state index in [4.69, 9.17) is 11.6 Å². The Bertz CT molecular complexity index is 1200. The average Bonchev–Trinajstić information content (AvgIpc) is 3.34. The smallest absolute Gasteiger partial charge is 0.248 e. The van der Waals surface area contributed by atoms with E-state index in [9.17, 15) is 18.4 Å². The fourth-order valence-corrected chi connectivity index (χ4v) is 5.36. The van der Waals surface area contributed by atoms with Gasteiger partial charge in [0.15, 0.2) is 0 Å². The Morgan fingerprint density at radius 3 is 2.46 bits per heavy atom. The zero-order valence-electron chi connectivity index (χ0n) is 18.8. The zero-order chi connectivity index (χ0) is 24.9. The number of amides is 2. The summed E-state index contributed by atoms with van der Waals surface area (Å²) in [7, 11) is 0. The van der Waals surface area contributed by atoms with Crippen molar-refractivity contribution in [2.45, 2.75) is 50.6 Å². The van der Waals surface area contributed by atoms with Gasteiger partial charge in [0, 0.05) is 22.2 Å². The molecule has 2 amide bonds. The summed E-state index contributed by atoms with van der Waals surface area (Å²) in [5, 5.41) is 4.10. The highest BCUT2D eigenvalue weighted by molar-refractivity contribution is 7.10. The van der Waals surface area contributed by atoms with Crippen LogP contribution in [0.1, 0.15) is 48.6 Å². The Balaban J connectivity index is 1.84. The van der Waals surface area contributed by atoms with Crippen molar-refractivity contribution in [3.05, 3.63) is 86.8 Å². The summed E-state index contributed by atoms with van der Waals surface area (Å²) in [6, 6.07) is 8.54. The van der Waals surface area contributed by atoms with Gasteiger partial charge in [-0.2, -0.15) is 0 Å². The maximum absolute atomic E-state index is 15.2. The van der Waals surface area contributed by atoms with Crippen molar-refractivity contribution in [1.82, 2.24) is 5.32 Å². The Hall–Kier alpha value is -2.84. The van der Waals surface area contributed by atoms with Gasteiger partial charge in [-0.15, -0.1) is 11.3 Å². The molecule has 0 bridgehead atoms. The van der Waals surface area contributed by atoms with E-state index in [1.165, 1.54) is 29.5 Å². The summed E-state index contributed by atoms with van der Waals surface area (Å²) in [6.45, 7) is 0. The summed E-state index contributed by atoms with van der Waals surface area (Å²) in [5.41, 5.74) is -0.432. The lowest BCUT2D eigenvalue weighted by molar-refractivity contribution is -0.127. The molecule has 184 valence electrons. The van der Waals surface area contributed by atoms with Crippen LogP contribution in [0.3, 0.4) is 0 Å². The minimum absolute atomic E-state index is 0.0371. The second-order valence-electron chi connectivity index (χ2n) is 8.50. The van der Waals surface area contributed by atoms with Crippen molar-refractivity contribution < 1.29 is 22.8 Å². The third kappa shape index (κ3) is 5.87. The standard InChI is InChI=1S/C26H24ClF3N2O2S/c27-24-21(30)12-11-20(29)23(24)25(26(34)31-17-7-2-1-3-8-17)32(18-9-4-6-16(28)14-18)22(33)15-19-10-5-13-35-19/h4-6,9-14,17,25H,1-3,7-8,15H2,(H,31,34). The highest BCUT2D eigenvalue weighted by Crippen LogP contribution is 2.36. The molecule has 4 rings (SSSR count). The van der Waals surface area contributed by atoms with Crippen molar-refractivity contribution in [3.8, 4) is 0 Å². The summed E-state index contributed by atoms with van der Waals surface area (Å²) < 4.78 is 43.9. The molecule has 0 radical (unpaired) electrons. The molecule has 2 aromatic carbocycles. The molecule has 1 fully saturated rings. The number of carbonyl (C=O) groups excluding carboxylic acids is 2. The predicted octanol–water partition coefficient (Wildman–Crippen LogP) is 6.58. The number of nitrogens with zero attached hydrogens (tertiary/aromatic N) is 1. The molecule has 0 aliphatic heterocycles. The summed E-state index contributed by atoms with van der Waals surface area (Å²) in [6.07, 6.45) is 4.26. The van der Waals surface area contributed by atoms with E-state index in [0.717, 1.165) is 55.2 Å². The van der Waals surface area contributed by atoms with Gasteiger partial charge in [-0.25, -0.2) is 13.2 Å². The van der Waals surface area contributed by atoms with E-state index >= 15 is 4.39 Å². The molecule has 1 heterocycles. The van der Waals surface area contributed by atoms with Crippen LogP contribution >= 0.6 is 22.9 Å². The quantitative estimate of drug-likeness (QED) is 0.357. The van der Waals surface area contributed by atoms with Gasteiger partial charge in [-0.05, 0) is 54.6 Å². The molecule has 35 heavy (non-hydrogen) atoms. The first-order valence-corrected chi connectivity index (χ1v) is 12.6. The molecule has 1 atom stereocenters. The van der Waals surface area contributed by atoms with Gasteiger partial charge >= 0.3 is 0 Å². The second kappa shape index (κ2) is 11.3. The fraction of sp³-hybridized carbons (Fsp3) is 0.308. The number of hydrogen-bond donors (Lipinski definition) is 1. The molecule has 1 unspecified atom stereocenters. The van der Waals surface area contributed by atoms with Crippen LogP contribution in [0, 0.1) is 17.5 Å². The van der Waals surface area contributed by atoms with E-state index in [2.05, 4.69) is 5.32 Å². The zero-order valence-corrected chi connectivity index (χ0v) is 20.3. The minimum Gasteiger partial charge on any atom is -0.351 e. The first-order valence-electron chi connectivity index (χ1n) is 11.4. The van der Waals surface area contributed by atoms with E-state index in [1.807, 2.05) is 0 Å². The SMILES string of the molecule is O=C(NC1CCCCC1)C(c1c(F)ccc(F)c1Cl)N(C(=O)Cc1cccs1)c1cccc(F)c1. The normalized spacial score (nSPS) is 15.0. The van der Waals surface area contributed by atoms with E-state index in [1.54, 1.807) is 17.5 Å². The Labute approximate surface area is 210 Å². The minimum atomic E-state index is -1.64. The average molecular weight is 521 g/mol. The topological polar surface area (TPSA) is 49.4 Å². The highest BCUT2D eigenvalue weighted by Gasteiger charge is 2.38. The number of benzene rings is 2. The van der Waals surface area contributed by atoms with Crippen molar-refractivity contribution >= 4 is 40.4 Å². The fourth-order valence-electron chi connectivity index (χ4n) is 4.41. The second-order valence-corrected chi connectivity index (χ2v) is 9.91. The molecule has 9 heteroatoms. The molecule has 3 aromatic rings. The van der Waals surface area contributed by atoms with Crippen LogP contribution in [0.4, 0.5) is 18.9 Å². The number of nitrogens with one attached hydrogen (secondary N) is 1. The van der Waals surface area contributed by atoms with Crippen LogP contribution in [0.25, 0.3) is 0 Å². The Kier molecular flexibility index (Phi) is 8.13. The van der Waals surface area contributed by atoms with Gasteiger partial charge in [0.2, 0.25) is 11.8 Å². The van der Waals surface area contributed by atoms with Crippen molar-refractivity contribution in [2.24, 2.45) is 0 Å².